The van der Waals surface area contributed by atoms with Gasteiger partial charge < -0.3 is 6.15 Å². The molecule has 0 bridgehead atoms. The van der Waals surface area contributed by atoms with E-state index in [1.807, 2.05) is 0 Å². The second kappa shape index (κ2) is 16.5. The van der Waals surface area contributed by atoms with Crippen molar-refractivity contribution in [1.29, 1.82) is 0 Å². The quantitative estimate of drug-likeness (QED) is 0.426. The first-order valence-electron chi connectivity index (χ1n) is 7.87. The first-order chi connectivity index (χ1) is 8.93. The Bertz CT molecular complexity index is 278. The van der Waals surface area contributed by atoms with E-state index in [-0.39, 0.29) is 18.6 Å². The van der Waals surface area contributed by atoms with Crippen LogP contribution in [0.25, 0.3) is 0 Å². The second-order valence-corrected chi connectivity index (χ2v) is 5.30. The van der Waals surface area contributed by atoms with Crippen molar-refractivity contribution >= 4 is 12.4 Å². The minimum atomic E-state index is 0. The molecule has 1 aromatic rings. The van der Waals surface area contributed by atoms with Crippen LogP contribution in [0.4, 0.5) is 0 Å². The number of aromatic nitrogens is 1. The van der Waals surface area contributed by atoms with Gasteiger partial charge in [-0.25, -0.2) is 4.57 Å². The van der Waals surface area contributed by atoms with E-state index in [9.17, 15) is 0 Å². The van der Waals surface area contributed by atoms with E-state index in [0.717, 1.165) is 0 Å². The normalized spacial score (nSPS) is 9.65. The lowest BCUT2D eigenvalue weighted by atomic mass is 10.1. The lowest BCUT2D eigenvalue weighted by Crippen LogP contribution is -2.32. The van der Waals surface area contributed by atoms with Crippen LogP contribution < -0.4 is 10.7 Å². The van der Waals surface area contributed by atoms with Gasteiger partial charge in [0.15, 0.2) is 12.4 Å². The molecule has 1 rings (SSSR count). The second-order valence-electron chi connectivity index (χ2n) is 5.30. The fourth-order valence-corrected chi connectivity index (χ4v) is 2.37. The molecule has 3 N–H and O–H groups in total. The first kappa shape index (κ1) is 21.7. The van der Waals surface area contributed by atoms with Crippen molar-refractivity contribution in [3.8, 4) is 0 Å². The van der Waals surface area contributed by atoms with E-state index < -0.39 is 0 Å². The number of aryl methyl sites for hydroxylation is 1. The summed E-state index contributed by atoms with van der Waals surface area (Å²) in [5.74, 6) is 0. The zero-order valence-corrected chi connectivity index (χ0v) is 14.0. The van der Waals surface area contributed by atoms with Crippen LogP contribution in [0.2, 0.25) is 0 Å². The maximum Gasteiger partial charge on any atom is 0.168 e. The SMILES string of the molecule is CCCCCCCCCCCC[n+]1ccccc1.Cl.N. The number of hydrogen-bond acceptors (Lipinski definition) is 1. The van der Waals surface area contributed by atoms with Gasteiger partial charge in [-0.1, -0.05) is 64.4 Å². The molecule has 0 spiro atoms. The van der Waals surface area contributed by atoms with Crippen molar-refractivity contribution in [2.45, 2.75) is 77.7 Å². The van der Waals surface area contributed by atoms with Crippen molar-refractivity contribution in [1.82, 2.24) is 6.15 Å². The number of hydrogen-bond donors (Lipinski definition) is 1. The molecule has 2 nitrogen and oxygen atoms in total. The average molecular weight is 302 g/mol. The van der Waals surface area contributed by atoms with Crippen molar-refractivity contribution < 1.29 is 4.57 Å². The Labute approximate surface area is 132 Å². The van der Waals surface area contributed by atoms with Crippen molar-refractivity contribution in [3.63, 3.8) is 0 Å². The number of nitrogens with zero attached hydrogens (tertiary/aromatic N) is 1. The van der Waals surface area contributed by atoms with Gasteiger partial charge in [0.25, 0.3) is 0 Å². The van der Waals surface area contributed by atoms with E-state index in [1.165, 1.54) is 70.8 Å². The Morgan fingerprint density at radius 2 is 1.10 bits per heavy atom. The van der Waals surface area contributed by atoms with Crippen LogP contribution in [0.15, 0.2) is 30.6 Å². The summed E-state index contributed by atoms with van der Waals surface area (Å²) in [6.07, 6.45) is 18.5. The molecule has 0 radical (unpaired) electrons. The summed E-state index contributed by atoms with van der Waals surface area (Å²) >= 11 is 0. The molecule has 3 heteroatoms. The smallest absolute Gasteiger partial charge is 0.168 e. The van der Waals surface area contributed by atoms with E-state index >= 15 is 0 Å². The van der Waals surface area contributed by atoms with E-state index in [2.05, 4.69) is 42.1 Å². The summed E-state index contributed by atoms with van der Waals surface area (Å²) in [4.78, 5) is 0. The minimum absolute atomic E-state index is 0. The van der Waals surface area contributed by atoms with Gasteiger partial charge in [0, 0.05) is 18.6 Å². The van der Waals surface area contributed by atoms with Gasteiger partial charge in [-0.2, -0.15) is 0 Å². The van der Waals surface area contributed by atoms with Crippen LogP contribution in [-0.4, -0.2) is 0 Å². The first-order valence-corrected chi connectivity index (χ1v) is 7.87. The molecule has 0 aliphatic heterocycles. The summed E-state index contributed by atoms with van der Waals surface area (Å²) in [7, 11) is 0. The van der Waals surface area contributed by atoms with Crippen LogP contribution in [-0.2, 0) is 6.54 Å². The van der Waals surface area contributed by atoms with Crippen LogP contribution in [0.1, 0.15) is 71.1 Å². The zero-order chi connectivity index (χ0) is 12.9. The third-order valence-electron chi connectivity index (χ3n) is 3.55. The molecule has 0 amide bonds. The molecule has 0 aromatic carbocycles. The van der Waals surface area contributed by atoms with Crippen LogP contribution in [0, 0.1) is 0 Å². The maximum absolute atomic E-state index is 2.28. The lowest BCUT2D eigenvalue weighted by Gasteiger charge is -2.01. The van der Waals surface area contributed by atoms with Gasteiger partial charge in [0.2, 0.25) is 0 Å². The Kier molecular flexibility index (Phi) is 17.8. The molecule has 0 unspecified atom stereocenters. The minimum Gasteiger partial charge on any atom is -0.344 e. The van der Waals surface area contributed by atoms with Gasteiger partial charge in [-0.15, -0.1) is 12.4 Å². The highest BCUT2D eigenvalue weighted by atomic mass is 35.5. The highest BCUT2D eigenvalue weighted by Crippen LogP contribution is 2.10. The summed E-state index contributed by atoms with van der Waals surface area (Å²) in [6.45, 7) is 3.46. The molecule has 0 aliphatic carbocycles. The van der Waals surface area contributed by atoms with E-state index in [4.69, 9.17) is 0 Å². The van der Waals surface area contributed by atoms with Gasteiger partial charge in [0.1, 0.15) is 6.54 Å². The van der Waals surface area contributed by atoms with Crippen molar-refractivity contribution in [2.75, 3.05) is 0 Å². The molecule has 118 valence electrons. The molecule has 1 aromatic heterocycles. The number of halogens is 1. The largest absolute Gasteiger partial charge is 0.344 e. The fraction of sp³-hybridized carbons (Fsp3) is 0.706. The summed E-state index contributed by atoms with van der Waals surface area (Å²) in [5.41, 5.74) is 0. The summed E-state index contributed by atoms with van der Waals surface area (Å²) < 4.78 is 2.28. The summed E-state index contributed by atoms with van der Waals surface area (Å²) in [5, 5.41) is 0. The van der Waals surface area contributed by atoms with Crippen LogP contribution in [0.3, 0.4) is 0 Å². The molecular formula is C17H34ClN2+. The molecule has 0 saturated heterocycles. The highest BCUT2D eigenvalue weighted by molar-refractivity contribution is 5.85. The molecule has 0 atom stereocenters. The monoisotopic (exact) mass is 301 g/mol. The van der Waals surface area contributed by atoms with Crippen molar-refractivity contribution in [2.24, 2.45) is 0 Å². The average Bonchev–Trinajstić information content (AvgIpc) is 2.42. The predicted molar refractivity (Wildman–Crippen MR) is 90.8 cm³/mol. The molecule has 0 fully saturated rings. The van der Waals surface area contributed by atoms with Gasteiger partial charge >= 0.3 is 0 Å². The standard InChI is InChI=1S/C17H30N.ClH.H3N/c1-2-3-4-5-6-7-8-9-10-12-15-18-16-13-11-14-17-18;;/h11,13-14,16-17H,2-10,12,15H2,1H3;1H;1H3/q+1;;. The van der Waals surface area contributed by atoms with E-state index in [1.54, 1.807) is 0 Å². The van der Waals surface area contributed by atoms with Gasteiger partial charge in [-0.3, -0.25) is 0 Å². The van der Waals surface area contributed by atoms with E-state index in [0.29, 0.717) is 0 Å². The zero-order valence-electron chi connectivity index (χ0n) is 13.2. The molecule has 0 saturated carbocycles. The topological polar surface area (TPSA) is 38.9 Å². The molecule has 1 heterocycles. The highest BCUT2D eigenvalue weighted by Gasteiger charge is 1.97. The Hall–Kier alpha value is -0.600. The Morgan fingerprint density at radius 1 is 0.650 bits per heavy atom. The summed E-state index contributed by atoms with van der Waals surface area (Å²) in [6, 6.07) is 6.29. The number of pyridine rings is 1. The van der Waals surface area contributed by atoms with Gasteiger partial charge in [-0.05, 0) is 6.42 Å². The number of unbranched alkanes of at least 4 members (excludes halogenated alkanes) is 9. The Balaban J connectivity index is 0. The predicted octanol–water partition coefficient (Wildman–Crippen LogP) is 5.48. The number of rotatable bonds is 11. The van der Waals surface area contributed by atoms with Crippen molar-refractivity contribution in [3.05, 3.63) is 30.6 Å². The maximum atomic E-state index is 2.28. The third-order valence-corrected chi connectivity index (χ3v) is 3.55. The Morgan fingerprint density at radius 3 is 1.60 bits per heavy atom. The van der Waals surface area contributed by atoms with Crippen LogP contribution >= 0.6 is 12.4 Å². The molecule has 0 aliphatic rings. The van der Waals surface area contributed by atoms with Crippen LogP contribution in [0.5, 0.6) is 0 Å². The fourth-order valence-electron chi connectivity index (χ4n) is 2.37. The lowest BCUT2D eigenvalue weighted by molar-refractivity contribution is -0.697. The molecule has 20 heavy (non-hydrogen) atoms. The van der Waals surface area contributed by atoms with Gasteiger partial charge in [0.05, 0.1) is 0 Å². The molecular weight excluding hydrogens is 268 g/mol. The third kappa shape index (κ3) is 12.4.